The molecule has 19 heavy (non-hydrogen) atoms. The van der Waals surface area contributed by atoms with Gasteiger partial charge in [0, 0.05) is 13.6 Å². The van der Waals surface area contributed by atoms with Gasteiger partial charge >= 0.3 is 11.9 Å². The SMILES string of the molecule is CCOC(=O)CCN(C)C(=O)C1CCCC1C(=O)O. The summed E-state index contributed by atoms with van der Waals surface area (Å²) in [6, 6.07) is 0. The number of carbonyl (C=O) groups excluding carboxylic acids is 2. The first-order chi connectivity index (χ1) is 8.97. The van der Waals surface area contributed by atoms with Gasteiger partial charge in [-0.25, -0.2) is 0 Å². The lowest BCUT2D eigenvalue weighted by Crippen LogP contribution is -2.37. The fraction of sp³-hybridized carbons (Fsp3) is 0.769. The Labute approximate surface area is 112 Å². The molecule has 0 aromatic carbocycles. The second kappa shape index (κ2) is 7.11. The van der Waals surface area contributed by atoms with Crippen LogP contribution in [0.4, 0.5) is 0 Å². The first-order valence-electron chi connectivity index (χ1n) is 6.60. The average molecular weight is 271 g/mol. The van der Waals surface area contributed by atoms with Crippen LogP contribution in [0.3, 0.4) is 0 Å². The van der Waals surface area contributed by atoms with Crippen LogP contribution in [-0.4, -0.2) is 48.1 Å². The van der Waals surface area contributed by atoms with Gasteiger partial charge in [-0.15, -0.1) is 0 Å². The first-order valence-corrected chi connectivity index (χ1v) is 6.60. The number of ether oxygens (including phenoxy) is 1. The topological polar surface area (TPSA) is 83.9 Å². The molecule has 1 rings (SSSR count). The van der Waals surface area contributed by atoms with Crippen LogP contribution in [0, 0.1) is 11.8 Å². The van der Waals surface area contributed by atoms with Gasteiger partial charge in [-0.3, -0.25) is 14.4 Å². The van der Waals surface area contributed by atoms with Gasteiger partial charge in [0.05, 0.1) is 24.9 Å². The minimum absolute atomic E-state index is 0.139. The van der Waals surface area contributed by atoms with E-state index in [0.29, 0.717) is 19.4 Å². The number of carboxylic acid groups (broad SMARTS) is 1. The van der Waals surface area contributed by atoms with E-state index in [0.717, 1.165) is 6.42 Å². The molecule has 6 heteroatoms. The highest BCUT2D eigenvalue weighted by atomic mass is 16.5. The summed E-state index contributed by atoms with van der Waals surface area (Å²) < 4.78 is 4.79. The van der Waals surface area contributed by atoms with Crippen molar-refractivity contribution in [2.45, 2.75) is 32.6 Å². The molecule has 1 fully saturated rings. The fourth-order valence-corrected chi connectivity index (χ4v) is 2.44. The molecule has 1 aliphatic carbocycles. The van der Waals surface area contributed by atoms with Gasteiger partial charge < -0.3 is 14.7 Å². The van der Waals surface area contributed by atoms with Crippen LogP contribution in [0.15, 0.2) is 0 Å². The predicted octanol–water partition coefficient (Wildman–Crippen LogP) is 0.899. The van der Waals surface area contributed by atoms with Crippen molar-refractivity contribution in [1.29, 1.82) is 0 Å². The van der Waals surface area contributed by atoms with Crippen LogP contribution in [0.25, 0.3) is 0 Å². The Kier molecular flexibility index (Phi) is 5.79. The molecule has 0 aromatic heterocycles. The van der Waals surface area contributed by atoms with Gasteiger partial charge in [0.2, 0.25) is 5.91 Å². The molecular weight excluding hydrogens is 250 g/mol. The molecule has 108 valence electrons. The summed E-state index contributed by atoms with van der Waals surface area (Å²) in [6.45, 7) is 2.31. The minimum atomic E-state index is -0.908. The lowest BCUT2D eigenvalue weighted by Gasteiger charge is -2.23. The van der Waals surface area contributed by atoms with E-state index < -0.39 is 17.8 Å². The van der Waals surface area contributed by atoms with Gasteiger partial charge in [0.1, 0.15) is 0 Å². The monoisotopic (exact) mass is 271 g/mol. The Morgan fingerprint density at radius 3 is 2.47 bits per heavy atom. The van der Waals surface area contributed by atoms with E-state index in [-0.39, 0.29) is 24.8 Å². The van der Waals surface area contributed by atoms with E-state index in [1.165, 1.54) is 4.90 Å². The largest absolute Gasteiger partial charge is 0.481 e. The number of hydrogen-bond donors (Lipinski definition) is 1. The molecule has 0 spiro atoms. The average Bonchev–Trinajstić information content (AvgIpc) is 2.84. The third-order valence-electron chi connectivity index (χ3n) is 3.48. The van der Waals surface area contributed by atoms with Gasteiger partial charge in [0.15, 0.2) is 0 Å². The summed E-state index contributed by atoms with van der Waals surface area (Å²) in [5.74, 6) is -2.48. The summed E-state index contributed by atoms with van der Waals surface area (Å²) in [4.78, 5) is 35.8. The van der Waals surface area contributed by atoms with E-state index in [9.17, 15) is 14.4 Å². The van der Waals surface area contributed by atoms with Crippen molar-refractivity contribution in [2.75, 3.05) is 20.2 Å². The second-order valence-corrected chi connectivity index (χ2v) is 4.80. The van der Waals surface area contributed by atoms with Crippen LogP contribution in [0.1, 0.15) is 32.6 Å². The number of amides is 1. The molecule has 1 aliphatic rings. The van der Waals surface area contributed by atoms with E-state index in [1.807, 2.05) is 0 Å². The van der Waals surface area contributed by atoms with E-state index in [1.54, 1.807) is 14.0 Å². The van der Waals surface area contributed by atoms with Crippen molar-refractivity contribution in [3.8, 4) is 0 Å². The molecule has 2 atom stereocenters. The molecule has 0 saturated heterocycles. The van der Waals surface area contributed by atoms with Gasteiger partial charge in [0.25, 0.3) is 0 Å². The summed E-state index contributed by atoms with van der Waals surface area (Å²) in [5, 5.41) is 9.06. The molecule has 1 amide bonds. The van der Waals surface area contributed by atoms with Crippen molar-refractivity contribution in [3.63, 3.8) is 0 Å². The molecule has 0 aromatic rings. The third-order valence-corrected chi connectivity index (χ3v) is 3.48. The molecule has 2 unspecified atom stereocenters. The maximum atomic E-state index is 12.1. The van der Waals surface area contributed by atoms with Crippen LogP contribution in [0.5, 0.6) is 0 Å². The molecule has 0 heterocycles. The van der Waals surface area contributed by atoms with Crippen molar-refractivity contribution in [3.05, 3.63) is 0 Å². The Hall–Kier alpha value is -1.59. The summed E-state index contributed by atoms with van der Waals surface area (Å²) in [5.41, 5.74) is 0. The lowest BCUT2D eigenvalue weighted by atomic mass is 9.95. The Morgan fingerprint density at radius 1 is 1.26 bits per heavy atom. The van der Waals surface area contributed by atoms with Crippen molar-refractivity contribution < 1.29 is 24.2 Å². The standard InChI is InChI=1S/C13H21NO5/c1-3-19-11(15)7-8-14(2)12(16)9-5-4-6-10(9)13(17)18/h9-10H,3-8H2,1-2H3,(H,17,18). The Bertz CT molecular complexity index is 355. The molecule has 1 N–H and O–H groups in total. The summed E-state index contributed by atoms with van der Waals surface area (Å²) in [7, 11) is 1.60. The normalized spacial score (nSPS) is 22.0. The fourth-order valence-electron chi connectivity index (χ4n) is 2.44. The second-order valence-electron chi connectivity index (χ2n) is 4.80. The van der Waals surface area contributed by atoms with Gasteiger partial charge in [-0.05, 0) is 19.8 Å². The van der Waals surface area contributed by atoms with Crippen molar-refractivity contribution in [2.24, 2.45) is 11.8 Å². The number of carbonyl (C=O) groups is 3. The molecule has 0 bridgehead atoms. The van der Waals surface area contributed by atoms with E-state index in [4.69, 9.17) is 9.84 Å². The van der Waals surface area contributed by atoms with Crippen molar-refractivity contribution >= 4 is 17.8 Å². The highest BCUT2D eigenvalue weighted by Crippen LogP contribution is 2.33. The smallest absolute Gasteiger partial charge is 0.307 e. The zero-order valence-corrected chi connectivity index (χ0v) is 11.4. The van der Waals surface area contributed by atoms with Crippen LogP contribution >= 0.6 is 0 Å². The molecule has 6 nitrogen and oxygen atoms in total. The Balaban J connectivity index is 2.47. The predicted molar refractivity (Wildman–Crippen MR) is 67.4 cm³/mol. The van der Waals surface area contributed by atoms with Gasteiger partial charge in [-0.1, -0.05) is 6.42 Å². The maximum absolute atomic E-state index is 12.1. The number of aliphatic carboxylic acids is 1. The van der Waals surface area contributed by atoms with Crippen LogP contribution in [-0.2, 0) is 19.1 Å². The first kappa shape index (κ1) is 15.5. The number of rotatable bonds is 6. The zero-order valence-electron chi connectivity index (χ0n) is 11.4. The number of esters is 1. The zero-order chi connectivity index (χ0) is 14.4. The number of nitrogens with zero attached hydrogens (tertiary/aromatic N) is 1. The quantitative estimate of drug-likeness (QED) is 0.726. The molecule has 0 aliphatic heterocycles. The highest BCUT2D eigenvalue weighted by molar-refractivity contribution is 5.85. The number of carboxylic acids is 1. The highest BCUT2D eigenvalue weighted by Gasteiger charge is 2.38. The maximum Gasteiger partial charge on any atom is 0.307 e. The summed E-state index contributed by atoms with van der Waals surface area (Å²) in [6.07, 6.45) is 2.07. The minimum Gasteiger partial charge on any atom is -0.481 e. The van der Waals surface area contributed by atoms with E-state index in [2.05, 4.69) is 0 Å². The molecule has 0 radical (unpaired) electrons. The van der Waals surface area contributed by atoms with Crippen LogP contribution in [0.2, 0.25) is 0 Å². The number of hydrogen-bond acceptors (Lipinski definition) is 4. The van der Waals surface area contributed by atoms with Gasteiger partial charge in [-0.2, -0.15) is 0 Å². The van der Waals surface area contributed by atoms with Crippen LogP contribution < -0.4 is 0 Å². The third kappa shape index (κ3) is 4.22. The molecular formula is C13H21NO5. The molecule has 1 saturated carbocycles. The summed E-state index contributed by atoms with van der Waals surface area (Å²) >= 11 is 0. The Morgan fingerprint density at radius 2 is 1.89 bits per heavy atom. The lowest BCUT2D eigenvalue weighted by molar-refractivity contribution is -0.149. The van der Waals surface area contributed by atoms with Crippen molar-refractivity contribution in [1.82, 2.24) is 4.90 Å². The van der Waals surface area contributed by atoms with E-state index >= 15 is 0 Å².